The number of piperidine rings is 2. The minimum absolute atomic E-state index is 0.102. The van der Waals surface area contributed by atoms with E-state index in [2.05, 4.69) is 6.92 Å². The fraction of sp³-hybridized carbons (Fsp3) is 0.609. The first kappa shape index (κ1) is 22.7. The summed E-state index contributed by atoms with van der Waals surface area (Å²) in [7, 11) is 0. The summed E-state index contributed by atoms with van der Waals surface area (Å²) < 4.78 is 5.33. The summed E-state index contributed by atoms with van der Waals surface area (Å²) in [4.78, 5) is 42.1. The molecule has 2 amide bonds. The third-order valence-corrected chi connectivity index (χ3v) is 7.09. The molecule has 0 N–H and O–H groups in total. The minimum atomic E-state index is -0.519. The number of esters is 1. The number of amides is 2. The van der Waals surface area contributed by atoms with Crippen molar-refractivity contribution < 1.29 is 19.1 Å². The average Bonchev–Trinajstić information content (AvgIpc) is 2.76. The number of ether oxygens (including phenoxy) is 1. The van der Waals surface area contributed by atoms with Crippen LogP contribution >= 0.6 is 11.8 Å². The van der Waals surface area contributed by atoms with Gasteiger partial charge in [0.2, 0.25) is 5.91 Å². The average molecular weight is 433 g/mol. The lowest BCUT2D eigenvalue weighted by molar-refractivity contribution is -0.137. The highest BCUT2D eigenvalue weighted by molar-refractivity contribution is 8.00. The van der Waals surface area contributed by atoms with Crippen molar-refractivity contribution >= 4 is 29.5 Å². The number of thioether (sulfide) groups is 1. The topological polar surface area (TPSA) is 66.9 Å². The zero-order chi connectivity index (χ0) is 21.5. The Morgan fingerprint density at radius 1 is 0.933 bits per heavy atom. The third-order valence-electron chi connectivity index (χ3n) is 6.03. The van der Waals surface area contributed by atoms with Gasteiger partial charge in [-0.15, -0.1) is 11.8 Å². The Morgan fingerprint density at radius 2 is 1.53 bits per heavy atom. The standard InChI is InChI=1S/C23H32N2O4S/c1-17-9-5-7-13-24(17)21(26)15-29-23(28)19-11-3-4-12-20(19)30-16-22(27)25-14-8-6-10-18(25)2/h3-4,11-12,17-18H,5-10,13-16H2,1-2H3. The summed E-state index contributed by atoms with van der Waals surface area (Å²) in [5.41, 5.74) is 0.404. The van der Waals surface area contributed by atoms with E-state index < -0.39 is 5.97 Å². The molecule has 3 rings (SSSR count). The van der Waals surface area contributed by atoms with Crippen LogP contribution in [-0.4, -0.2) is 65.1 Å². The van der Waals surface area contributed by atoms with E-state index in [1.165, 1.54) is 18.2 Å². The molecule has 2 saturated heterocycles. The molecule has 0 radical (unpaired) electrons. The lowest BCUT2D eigenvalue weighted by Gasteiger charge is -2.33. The molecular formula is C23H32N2O4S. The first-order valence-electron chi connectivity index (χ1n) is 10.9. The molecular weight excluding hydrogens is 400 g/mol. The van der Waals surface area contributed by atoms with Gasteiger partial charge in [0.15, 0.2) is 6.61 Å². The second kappa shape index (κ2) is 10.8. The number of likely N-dealkylation sites (tertiary alicyclic amines) is 2. The fourth-order valence-electron chi connectivity index (χ4n) is 4.21. The maximum absolute atomic E-state index is 12.6. The van der Waals surface area contributed by atoms with Crippen LogP contribution in [0.3, 0.4) is 0 Å². The van der Waals surface area contributed by atoms with Crippen LogP contribution in [-0.2, 0) is 14.3 Å². The highest BCUT2D eigenvalue weighted by Crippen LogP contribution is 2.25. The number of hydrogen-bond acceptors (Lipinski definition) is 5. The zero-order valence-corrected chi connectivity index (χ0v) is 18.8. The van der Waals surface area contributed by atoms with Crippen molar-refractivity contribution in [3.63, 3.8) is 0 Å². The van der Waals surface area contributed by atoms with Gasteiger partial charge in [0, 0.05) is 30.1 Å². The van der Waals surface area contributed by atoms with E-state index in [9.17, 15) is 14.4 Å². The maximum Gasteiger partial charge on any atom is 0.339 e. The normalized spacial score (nSPS) is 21.9. The molecule has 0 aliphatic carbocycles. The van der Waals surface area contributed by atoms with Crippen LogP contribution in [0.1, 0.15) is 62.7 Å². The molecule has 0 bridgehead atoms. The minimum Gasteiger partial charge on any atom is -0.452 e. The van der Waals surface area contributed by atoms with E-state index in [1.54, 1.807) is 17.0 Å². The molecule has 1 aromatic carbocycles. The van der Waals surface area contributed by atoms with Gasteiger partial charge in [-0.3, -0.25) is 9.59 Å². The van der Waals surface area contributed by atoms with Crippen molar-refractivity contribution in [2.24, 2.45) is 0 Å². The van der Waals surface area contributed by atoms with Crippen LogP contribution in [0, 0.1) is 0 Å². The largest absolute Gasteiger partial charge is 0.452 e. The van der Waals surface area contributed by atoms with Crippen LogP contribution in [0.25, 0.3) is 0 Å². The van der Waals surface area contributed by atoms with Crippen LogP contribution < -0.4 is 0 Å². The lowest BCUT2D eigenvalue weighted by atomic mass is 10.0. The molecule has 7 heteroatoms. The Bertz CT molecular complexity index is 769. The summed E-state index contributed by atoms with van der Waals surface area (Å²) >= 11 is 1.35. The van der Waals surface area contributed by atoms with E-state index in [4.69, 9.17) is 4.74 Å². The molecule has 2 atom stereocenters. The van der Waals surface area contributed by atoms with Crippen LogP contribution in [0.4, 0.5) is 0 Å². The van der Waals surface area contributed by atoms with Gasteiger partial charge in [-0.05, 0) is 64.5 Å². The van der Waals surface area contributed by atoms with Crippen LogP contribution in [0.2, 0.25) is 0 Å². The van der Waals surface area contributed by atoms with E-state index in [-0.39, 0.29) is 30.5 Å². The first-order chi connectivity index (χ1) is 14.5. The van der Waals surface area contributed by atoms with E-state index >= 15 is 0 Å². The van der Waals surface area contributed by atoms with Gasteiger partial charge in [0.25, 0.3) is 5.91 Å². The number of carbonyl (C=O) groups excluding carboxylic acids is 3. The predicted molar refractivity (Wildman–Crippen MR) is 118 cm³/mol. The monoisotopic (exact) mass is 432 g/mol. The summed E-state index contributed by atoms with van der Waals surface area (Å²) in [6, 6.07) is 7.58. The molecule has 2 heterocycles. The fourth-order valence-corrected chi connectivity index (χ4v) is 5.14. The highest BCUT2D eigenvalue weighted by atomic mass is 32.2. The first-order valence-corrected chi connectivity index (χ1v) is 11.9. The number of rotatable bonds is 6. The van der Waals surface area contributed by atoms with Crippen molar-refractivity contribution in [2.75, 3.05) is 25.4 Å². The van der Waals surface area contributed by atoms with E-state index in [1.807, 2.05) is 24.0 Å². The Morgan fingerprint density at radius 3 is 2.17 bits per heavy atom. The summed E-state index contributed by atoms with van der Waals surface area (Å²) in [6.45, 7) is 5.41. The molecule has 1 aromatic rings. The van der Waals surface area contributed by atoms with Crippen molar-refractivity contribution in [3.05, 3.63) is 29.8 Å². The Balaban J connectivity index is 1.55. The number of carbonyl (C=O) groups is 3. The second-order valence-corrected chi connectivity index (χ2v) is 9.24. The van der Waals surface area contributed by atoms with Crippen molar-refractivity contribution in [3.8, 4) is 0 Å². The predicted octanol–water partition coefficient (Wildman–Crippen LogP) is 3.74. The molecule has 30 heavy (non-hydrogen) atoms. The molecule has 2 aliphatic heterocycles. The number of nitrogens with zero attached hydrogens (tertiary/aromatic N) is 2. The summed E-state index contributed by atoms with van der Waals surface area (Å²) in [6.07, 6.45) is 6.37. The lowest BCUT2D eigenvalue weighted by Crippen LogP contribution is -2.44. The van der Waals surface area contributed by atoms with E-state index in [0.29, 0.717) is 16.2 Å². The highest BCUT2D eigenvalue weighted by Gasteiger charge is 2.26. The molecule has 0 spiro atoms. The zero-order valence-electron chi connectivity index (χ0n) is 18.0. The van der Waals surface area contributed by atoms with Gasteiger partial charge in [-0.2, -0.15) is 0 Å². The smallest absolute Gasteiger partial charge is 0.339 e. The third kappa shape index (κ3) is 5.78. The summed E-state index contributed by atoms with van der Waals surface area (Å²) in [5.74, 6) is -0.270. The molecule has 0 aromatic heterocycles. The molecule has 2 unspecified atom stereocenters. The van der Waals surface area contributed by atoms with E-state index in [0.717, 1.165) is 45.2 Å². The SMILES string of the molecule is CC1CCCCN1C(=O)COC(=O)c1ccccc1SCC(=O)N1CCCCC1C. The number of hydrogen-bond donors (Lipinski definition) is 0. The molecule has 6 nitrogen and oxygen atoms in total. The molecule has 2 aliphatic rings. The maximum atomic E-state index is 12.6. The van der Waals surface area contributed by atoms with Gasteiger partial charge in [-0.1, -0.05) is 12.1 Å². The van der Waals surface area contributed by atoms with Gasteiger partial charge in [0.05, 0.1) is 11.3 Å². The van der Waals surface area contributed by atoms with Crippen molar-refractivity contribution in [1.82, 2.24) is 9.80 Å². The molecule has 2 fully saturated rings. The van der Waals surface area contributed by atoms with Gasteiger partial charge in [-0.25, -0.2) is 4.79 Å². The number of benzene rings is 1. The quantitative estimate of drug-likeness (QED) is 0.506. The van der Waals surface area contributed by atoms with Crippen LogP contribution in [0.15, 0.2) is 29.2 Å². The second-order valence-electron chi connectivity index (χ2n) is 8.22. The van der Waals surface area contributed by atoms with Gasteiger partial charge in [0.1, 0.15) is 0 Å². The van der Waals surface area contributed by atoms with Crippen molar-refractivity contribution in [1.29, 1.82) is 0 Å². The Hall–Kier alpha value is -2.02. The van der Waals surface area contributed by atoms with Gasteiger partial charge < -0.3 is 14.5 Å². The Kier molecular flexibility index (Phi) is 8.19. The van der Waals surface area contributed by atoms with Crippen molar-refractivity contribution in [2.45, 2.75) is 69.4 Å². The molecule has 0 saturated carbocycles. The molecule has 164 valence electrons. The summed E-state index contributed by atoms with van der Waals surface area (Å²) in [5, 5.41) is 0. The van der Waals surface area contributed by atoms with Gasteiger partial charge >= 0.3 is 5.97 Å². The van der Waals surface area contributed by atoms with Crippen LogP contribution in [0.5, 0.6) is 0 Å². The Labute approximate surface area is 183 Å².